The van der Waals surface area contributed by atoms with Crippen molar-refractivity contribution in [3.63, 3.8) is 0 Å². The van der Waals surface area contributed by atoms with Crippen molar-refractivity contribution in [2.45, 2.75) is 33.4 Å². The van der Waals surface area contributed by atoms with Gasteiger partial charge in [-0.3, -0.25) is 9.36 Å². The topological polar surface area (TPSA) is 103 Å². The number of carbonyl (C=O) groups is 1. The van der Waals surface area contributed by atoms with Gasteiger partial charge in [-0.2, -0.15) is 5.26 Å². The lowest BCUT2D eigenvalue weighted by Crippen LogP contribution is -2.39. The summed E-state index contributed by atoms with van der Waals surface area (Å²) in [4.78, 5) is 32.4. The number of carbonyl (C=O) groups excluding carboxylic acids is 1. The number of halogens is 2. The molecule has 0 amide bonds. The summed E-state index contributed by atoms with van der Waals surface area (Å²) in [6.07, 6.45) is 1.70. The first-order chi connectivity index (χ1) is 21.2. The van der Waals surface area contributed by atoms with Gasteiger partial charge in [0.2, 0.25) is 0 Å². The Labute approximate surface area is 271 Å². The molecule has 44 heavy (non-hydrogen) atoms. The van der Waals surface area contributed by atoms with Crippen molar-refractivity contribution in [3.8, 4) is 17.6 Å². The first-order valence-corrected chi connectivity index (χ1v) is 15.8. The number of rotatable bonds is 9. The van der Waals surface area contributed by atoms with Crippen LogP contribution >= 0.6 is 38.9 Å². The molecule has 2 heterocycles. The molecule has 1 aliphatic rings. The van der Waals surface area contributed by atoms with E-state index in [2.05, 4.69) is 27.0 Å². The Balaban J connectivity index is 1.64. The van der Waals surface area contributed by atoms with E-state index in [0.717, 1.165) is 5.56 Å². The molecule has 5 rings (SSSR count). The molecule has 0 radical (unpaired) electrons. The first kappa shape index (κ1) is 31.3. The minimum atomic E-state index is -0.757. The number of esters is 1. The lowest BCUT2D eigenvalue weighted by atomic mass is 9.96. The smallest absolute Gasteiger partial charge is 0.338 e. The molecular weight excluding hydrogens is 666 g/mol. The molecule has 1 aliphatic heterocycles. The van der Waals surface area contributed by atoms with Gasteiger partial charge in [-0.1, -0.05) is 53.3 Å². The summed E-state index contributed by atoms with van der Waals surface area (Å²) in [6, 6.07) is 19.3. The Morgan fingerprint density at radius 2 is 1.89 bits per heavy atom. The van der Waals surface area contributed by atoms with Crippen LogP contribution in [0.4, 0.5) is 0 Å². The first-order valence-electron chi connectivity index (χ1n) is 13.8. The average Bonchev–Trinajstić information content (AvgIpc) is 3.30. The van der Waals surface area contributed by atoms with E-state index in [0.29, 0.717) is 64.9 Å². The Morgan fingerprint density at radius 3 is 2.59 bits per heavy atom. The highest BCUT2D eigenvalue weighted by molar-refractivity contribution is 9.10. The Hall–Kier alpha value is -4.17. The van der Waals surface area contributed by atoms with Crippen molar-refractivity contribution in [3.05, 3.63) is 123 Å². The van der Waals surface area contributed by atoms with Crippen LogP contribution in [0.25, 0.3) is 6.08 Å². The SMILES string of the molecule is CCOC(=O)C1=C(C)N=c2s/c(=C\c3cc(Cl)cc(Br)c3OCc3ccccc3C#N)c(=O)n2[C@H]1c1ccc(OCC)cc1. The summed E-state index contributed by atoms with van der Waals surface area (Å²) in [5, 5.41) is 9.93. The molecule has 0 saturated heterocycles. The highest BCUT2D eigenvalue weighted by atomic mass is 79.9. The second-order valence-corrected chi connectivity index (χ2v) is 12.0. The maximum Gasteiger partial charge on any atom is 0.338 e. The predicted molar refractivity (Wildman–Crippen MR) is 173 cm³/mol. The maximum absolute atomic E-state index is 14.1. The number of hydrogen-bond donors (Lipinski definition) is 0. The highest BCUT2D eigenvalue weighted by Crippen LogP contribution is 2.35. The largest absolute Gasteiger partial charge is 0.494 e. The van der Waals surface area contributed by atoms with E-state index in [1.807, 2.05) is 43.3 Å². The summed E-state index contributed by atoms with van der Waals surface area (Å²) in [5.74, 6) is 0.604. The summed E-state index contributed by atoms with van der Waals surface area (Å²) < 4.78 is 19.7. The summed E-state index contributed by atoms with van der Waals surface area (Å²) in [6.45, 7) is 6.20. The van der Waals surface area contributed by atoms with E-state index in [-0.39, 0.29) is 18.8 Å². The zero-order chi connectivity index (χ0) is 31.4. The fourth-order valence-corrected chi connectivity index (χ4v) is 6.89. The van der Waals surface area contributed by atoms with Gasteiger partial charge in [-0.25, -0.2) is 9.79 Å². The van der Waals surface area contributed by atoms with E-state index >= 15 is 0 Å². The molecule has 1 aromatic heterocycles. The van der Waals surface area contributed by atoms with E-state index in [4.69, 9.17) is 25.8 Å². The van der Waals surface area contributed by atoms with Crippen LogP contribution in [0, 0.1) is 11.3 Å². The number of ether oxygens (including phenoxy) is 3. The molecule has 0 unspecified atom stereocenters. The van der Waals surface area contributed by atoms with Gasteiger partial charge in [-0.05, 0) is 78.7 Å². The van der Waals surface area contributed by atoms with Gasteiger partial charge < -0.3 is 14.2 Å². The number of nitriles is 1. The van der Waals surface area contributed by atoms with E-state index in [1.165, 1.54) is 15.9 Å². The van der Waals surface area contributed by atoms with Crippen LogP contribution in [-0.4, -0.2) is 23.8 Å². The normalized spacial score (nSPS) is 14.5. The molecule has 0 saturated carbocycles. The third-order valence-corrected chi connectivity index (χ3v) is 8.65. The predicted octanol–water partition coefficient (Wildman–Crippen LogP) is 6.06. The van der Waals surface area contributed by atoms with E-state index < -0.39 is 12.0 Å². The van der Waals surface area contributed by atoms with Gasteiger partial charge in [0.15, 0.2) is 4.80 Å². The number of nitrogens with zero attached hydrogens (tertiary/aromatic N) is 3. The molecule has 0 fully saturated rings. The number of allylic oxidation sites excluding steroid dienone is 1. The third-order valence-electron chi connectivity index (χ3n) is 6.86. The van der Waals surface area contributed by atoms with Crippen LogP contribution < -0.4 is 24.4 Å². The van der Waals surface area contributed by atoms with Gasteiger partial charge in [0.05, 0.1) is 51.2 Å². The monoisotopic (exact) mass is 691 g/mol. The maximum atomic E-state index is 14.1. The van der Waals surface area contributed by atoms with Crippen LogP contribution in [0.5, 0.6) is 11.5 Å². The van der Waals surface area contributed by atoms with Crippen molar-refractivity contribution in [1.29, 1.82) is 5.26 Å². The Morgan fingerprint density at radius 1 is 1.14 bits per heavy atom. The molecule has 11 heteroatoms. The molecule has 4 aromatic rings. The number of fused-ring (bicyclic) bond motifs is 1. The average molecular weight is 693 g/mol. The van der Waals surface area contributed by atoms with Gasteiger partial charge in [-0.15, -0.1) is 0 Å². The van der Waals surface area contributed by atoms with Crippen molar-refractivity contribution in [2.75, 3.05) is 13.2 Å². The third kappa shape index (κ3) is 6.36. The number of hydrogen-bond acceptors (Lipinski definition) is 8. The van der Waals surface area contributed by atoms with Crippen LogP contribution in [0.2, 0.25) is 5.02 Å². The molecule has 0 bridgehead atoms. The van der Waals surface area contributed by atoms with Crippen LogP contribution in [-0.2, 0) is 16.1 Å². The van der Waals surface area contributed by atoms with Crippen molar-refractivity contribution in [1.82, 2.24) is 4.57 Å². The fourth-order valence-electron chi connectivity index (χ4n) is 4.91. The van der Waals surface area contributed by atoms with Crippen LogP contribution in [0.1, 0.15) is 49.1 Å². The molecule has 0 spiro atoms. The van der Waals surface area contributed by atoms with Crippen LogP contribution in [0.3, 0.4) is 0 Å². The zero-order valence-corrected chi connectivity index (χ0v) is 27.3. The fraction of sp³-hybridized carbons (Fsp3) is 0.212. The van der Waals surface area contributed by atoms with E-state index in [1.54, 1.807) is 44.2 Å². The summed E-state index contributed by atoms with van der Waals surface area (Å²) in [7, 11) is 0. The Kier molecular flexibility index (Phi) is 9.69. The minimum Gasteiger partial charge on any atom is -0.494 e. The number of aromatic nitrogens is 1. The molecule has 224 valence electrons. The summed E-state index contributed by atoms with van der Waals surface area (Å²) >= 11 is 11.2. The summed E-state index contributed by atoms with van der Waals surface area (Å²) in [5.41, 5.74) is 2.93. The van der Waals surface area contributed by atoms with Gasteiger partial charge in [0.25, 0.3) is 5.56 Å². The molecule has 8 nitrogen and oxygen atoms in total. The quantitative estimate of drug-likeness (QED) is 0.198. The van der Waals surface area contributed by atoms with Crippen molar-refractivity contribution >= 4 is 50.9 Å². The van der Waals surface area contributed by atoms with E-state index in [9.17, 15) is 14.9 Å². The second-order valence-electron chi connectivity index (χ2n) is 9.67. The molecule has 0 aliphatic carbocycles. The minimum absolute atomic E-state index is 0.131. The molecular formula is C33H27BrClN3O5S. The van der Waals surface area contributed by atoms with Gasteiger partial charge in [0.1, 0.15) is 18.1 Å². The highest BCUT2D eigenvalue weighted by Gasteiger charge is 2.33. The zero-order valence-electron chi connectivity index (χ0n) is 24.1. The van der Waals surface area contributed by atoms with Crippen LogP contribution in [0.15, 0.2) is 86.2 Å². The number of benzene rings is 3. The van der Waals surface area contributed by atoms with Crippen molar-refractivity contribution < 1.29 is 19.0 Å². The lowest BCUT2D eigenvalue weighted by Gasteiger charge is -2.24. The Bertz CT molecular complexity index is 1990. The molecule has 1 atom stereocenters. The van der Waals surface area contributed by atoms with Gasteiger partial charge in [0, 0.05) is 16.1 Å². The second kappa shape index (κ2) is 13.6. The lowest BCUT2D eigenvalue weighted by molar-refractivity contribution is -0.139. The van der Waals surface area contributed by atoms with Crippen molar-refractivity contribution in [2.24, 2.45) is 4.99 Å². The number of thiazole rings is 1. The molecule has 3 aromatic carbocycles. The van der Waals surface area contributed by atoms with Gasteiger partial charge >= 0.3 is 5.97 Å². The molecule has 0 N–H and O–H groups in total. The standard InChI is InChI=1S/C33H27BrClN3O5S/c1-4-41-25-12-10-20(11-13-25)29-28(32(40)42-5-2)19(3)37-33-38(29)31(39)27(44-33)15-23-14-24(35)16-26(34)30(23)43-18-22-9-7-6-8-21(22)17-36/h6-16,29H,4-5,18H2,1-3H3/b27-15-/t29-/m0/s1.